The lowest BCUT2D eigenvalue weighted by Gasteiger charge is -2.31. The molecule has 19 heavy (non-hydrogen) atoms. The van der Waals surface area contributed by atoms with E-state index in [0.717, 1.165) is 30.9 Å². The van der Waals surface area contributed by atoms with Crippen molar-refractivity contribution in [2.24, 2.45) is 5.92 Å². The van der Waals surface area contributed by atoms with E-state index < -0.39 is 6.64 Å². The summed E-state index contributed by atoms with van der Waals surface area (Å²) in [5.74, 6) is 0.380. The molecule has 4 nitrogen and oxygen atoms in total. The second-order valence-corrected chi connectivity index (χ2v) is 8.83. The zero-order valence-corrected chi connectivity index (χ0v) is 14.7. The quantitative estimate of drug-likeness (QED) is 0.578. The first-order valence-electron chi connectivity index (χ1n) is 6.82. The van der Waals surface area contributed by atoms with Gasteiger partial charge in [-0.05, 0) is 65.4 Å². The van der Waals surface area contributed by atoms with Crippen LogP contribution in [0.1, 0.15) is 40.5 Å². The number of hydrogen-bond donors (Lipinski definition) is 2. The number of rotatable bonds is 6. The van der Waals surface area contributed by atoms with E-state index in [9.17, 15) is 0 Å². The van der Waals surface area contributed by atoms with E-state index in [2.05, 4.69) is 10.4 Å². The lowest BCUT2D eigenvalue weighted by Crippen LogP contribution is -2.37. The highest BCUT2D eigenvalue weighted by atomic mass is 32.5. The molecule has 0 aromatic heterocycles. The molecule has 0 unspecified atom stereocenters. The number of hydrogen-bond acceptors (Lipinski definition) is 5. The van der Waals surface area contributed by atoms with Gasteiger partial charge in [0.1, 0.15) is 0 Å². The minimum atomic E-state index is -2.53. The molecule has 1 rings (SSSR count). The molecule has 0 aromatic carbocycles. The molecule has 1 saturated heterocycles. The van der Waals surface area contributed by atoms with E-state index in [4.69, 9.17) is 33.1 Å². The fraction of sp³-hybridized carbons (Fsp3) is 0.917. The maximum atomic E-state index is 5.80. The van der Waals surface area contributed by atoms with Crippen LogP contribution in [-0.4, -0.2) is 30.3 Å². The van der Waals surface area contributed by atoms with Crippen LogP contribution in [-0.2, 0) is 20.9 Å². The summed E-state index contributed by atoms with van der Waals surface area (Å²) in [6.45, 7) is 7.31. The van der Waals surface area contributed by atoms with Crippen LogP contribution in [0.2, 0.25) is 0 Å². The molecule has 0 saturated carbocycles. The van der Waals surface area contributed by atoms with E-state index in [1.54, 1.807) is 0 Å². The van der Waals surface area contributed by atoms with Gasteiger partial charge in [-0.1, -0.05) is 12.2 Å². The molecule has 1 fully saturated rings. The third kappa shape index (κ3) is 6.61. The monoisotopic (exact) mass is 324 g/mol. The van der Waals surface area contributed by atoms with Gasteiger partial charge in [-0.3, -0.25) is 0 Å². The SMILES string of the molecule is CC(C)OP(=S)(NC(=S)C1CCNCC1)OC(C)C. The molecule has 1 aliphatic rings. The molecule has 0 atom stereocenters. The molecule has 7 heteroatoms. The van der Waals surface area contributed by atoms with Crippen LogP contribution in [0.4, 0.5) is 0 Å². The van der Waals surface area contributed by atoms with E-state index in [-0.39, 0.29) is 12.2 Å². The van der Waals surface area contributed by atoms with Gasteiger partial charge in [-0.15, -0.1) is 0 Å². The molecule has 1 aliphatic heterocycles. The maximum Gasteiger partial charge on any atom is 0.288 e. The van der Waals surface area contributed by atoms with Crippen molar-refractivity contribution in [2.75, 3.05) is 13.1 Å². The van der Waals surface area contributed by atoms with Crippen molar-refractivity contribution < 1.29 is 9.05 Å². The largest absolute Gasteiger partial charge is 0.317 e. The summed E-state index contributed by atoms with van der Waals surface area (Å²) in [7, 11) is 0. The van der Waals surface area contributed by atoms with Gasteiger partial charge in [0.2, 0.25) is 0 Å². The van der Waals surface area contributed by atoms with Crippen LogP contribution in [0.15, 0.2) is 0 Å². The minimum absolute atomic E-state index is 0.0212. The van der Waals surface area contributed by atoms with E-state index >= 15 is 0 Å². The maximum absolute atomic E-state index is 5.80. The van der Waals surface area contributed by atoms with Crippen LogP contribution in [0.3, 0.4) is 0 Å². The van der Waals surface area contributed by atoms with E-state index in [1.165, 1.54) is 0 Å². The summed E-state index contributed by atoms with van der Waals surface area (Å²) < 4.78 is 11.6. The Morgan fingerprint density at radius 3 is 2.05 bits per heavy atom. The summed E-state index contributed by atoms with van der Waals surface area (Å²) in [6.07, 6.45) is 2.13. The first kappa shape index (κ1) is 17.5. The fourth-order valence-electron chi connectivity index (χ4n) is 1.94. The fourth-order valence-corrected chi connectivity index (χ4v) is 5.76. The predicted molar refractivity (Wildman–Crippen MR) is 88.1 cm³/mol. The summed E-state index contributed by atoms with van der Waals surface area (Å²) in [5, 5.41) is 6.54. The molecule has 0 radical (unpaired) electrons. The lowest BCUT2D eigenvalue weighted by molar-refractivity contribution is 0.172. The van der Waals surface area contributed by atoms with E-state index in [0.29, 0.717) is 5.92 Å². The molecule has 0 spiro atoms. The molecule has 0 bridgehead atoms. The van der Waals surface area contributed by atoms with Crippen LogP contribution >= 0.6 is 18.9 Å². The third-order valence-corrected chi connectivity index (χ3v) is 5.95. The molecule has 1 heterocycles. The average molecular weight is 324 g/mol. The van der Waals surface area contributed by atoms with Gasteiger partial charge < -0.3 is 19.5 Å². The van der Waals surface area contributed by atoms with Crippen molar-refractivity contribution in [3.05, 3.63) is 0 Å². The van der Waals surface area contributed by atoms with Gasteiger partial charge in [0, 0.05) is 5.92 Å². The Morgan fingerprint density at radius 2 is 1.63 bits per heavy atom. The number of thiocarbonyl (C=S) groups is 1. The number of nitrogens with one attached hydrogen (secondary N) is 2. The van der Waals surface area contributed by atoms with E-state index in [1.807, 2.05) is 27.7 Å². The predicted octanol–water partition coefficient (Wildman–Crippen LogP) is 2.98. The van der Waals surface area contributed by atoms with Crippen molar-refractivity contribution >= 4 is 35.7 Å². The average Bonchev–Trinajstić information content (AvgIpc) is 2.27. The highest BCUT2D eigenvalue weighted by molar-refractivity contribution is 8.09. The zero-order valence-electron chi connectivity index (χ0n) is 12.1. The van der Waals surface area contributed by atoms with Crippen LogP contribution in [0, 0.1) is 5.92 Å². The van der Waals surface area contributed by atoms with Gasteiger partial charge in [-0.2, -0.15) is 0 Å². The topological polar surface area (TPSA) is 42.5 Å². The summed E-state index contributed by atoms with van der Waals surface area (Å²) in [5.41, 5.74) is 0. The summed E-state index contributed by atoms with van der Waals surface area (Å²) in [4.78, 5) is 0.797. The Labute approximate surface area is 127 Å². The second-order valence-electron chi connectivity index (χ2n) is 5.31. The van der Waals surface area contributed by atoms with Crippen molar-refractivity contribution in [2.45, 2.75) is 52.7 Å². The zero-order chi connectivity index (χ0) is 14.5. The first-order chi connectivity index (χ1) is 8.82. The Morgan fingerprint density at radius 1 is 1.16 bits per heavy atom. The van der Waals surface area contributed by atoms with Crippen LogP contribution in [0.5, 0.6) is 0 Å². The van der Waals surface area contributed by atoms with Crippen molar-refractivity contribution in [1.29, 1.82) is 0 Å². The van der Waals surface area contributed by atoms with Gasteiger partial charge in [0.05, 0.1) is 17.2 Å². The van der Waals surface area contributed by atoms with Crippen LogP contribution < -0.4 is 10.4 Å². The molecular formula is C12H25N2O2PS2. The Balaban J connectivity index is 2.65. The Kier molecular flexibility index (Phi) is 7.36. The molecule has 0 aromatic rings. The van der Waals surface area contributed by atoms with Crippen molar-refractivity contribution in [3.8, 4) is 0 Å². The third-order valence-electron chi connectivity index (χ3n) is 2.66. The van der Waals surface area contributed by atoms with Crippen molar-refractivity contribution in [3.63, 3.8) is 0 Å². The Hall–Kier alpha value is 0.420. The lowest BCUT2D eigenvalue weighted by atomic mass is 9.99. The summed E-state index contributed by atoms with van der Waals surface area (Å²) >= 11 is 11.0. The molecule has 112 valence electrons. The number of piperidine rings is 1. The molecule has 0 aliphatic carbocycles. The second kappa shape index (κ2) is 8.01. The Bertz CT molecular complexity index is 331. The standard InChI is InChI=1S/C12H25N2O2PS2/c1-9(2)15-17(19,16-10(3)4)14-12(18)11-5-7-13-8-6-11/h9-11,13H,5-8H2,1-4H3,(H,14,18,19). The molecule has 0 amide bonds. The van der Waals surface area contributed by atoms with Gasteiger partial charge in [0.25, 0.3) is 6.64 Å². The summed E-state index contributed by atoms with van der Waals surface area (Å²) in [6, 6.07) is 0. The van der Waals surface area contributed by atoms with Gasteiger partial charge in [-0.25, -0.2) is 0 Å². The normalized spacial score (nSPS) is 18.0. The highest BCUT2D eigenvalue weighted by Crippen LogP contribution is 2.47. The van der Waals surface area contributed by atoms with Gasteiger partial charge >= 0.3 is 0 Å². The minimum Gasteiger partial charge on any atom is -0.317 e. The van der Waals surface area contributed by atoms with Gasteiger partial charge in [0.15, 0.2) is 0 Å². The highest BCUT2D eigenvalue weighted by Gasteiger charge is 2.27. The smallest absolute Gasteiger partial charge is 0.288 e. The van der Waals surface area contributed by atoms with Crippen LogP contribution in [0.25, 0.3) is 0 Å². The molecule has 2 N–H and O–H groups in total. The van der Waals surface area contributed by atoms with Crippen molar-refractivity contribution in [1.82, 2.24) is 10.4 Å². The molecular weight excluding hydrogens is 299 g/mol. The first-order valence-corrected chi connectivity index (χ1v) is 9.86.